The minimum absolute atomic E-state index is 0.0345. The molecule has 1 unspecified atom stereocenters. The predicted molar refractivity (Wildman–Crippen MR) is 76.8 cm³/mol. The number of benzene rings is 1. The molecule has 0 amide bonds. The zero-order chi connectivity index (χ0) is 12.4. The van der Waals surface area contributed by atoms with Crippen molar-refractivity contribution in [1.82, 2.24) is 0 Å². The van der Waals surface area contributed by atoms with Gasteiger partial charge in [-0.05, 0) is 24.6 Å². The van der Waals surface area contributed by atoms with Crippen molar-refractivity contribution >= 4 is 32.4 Å². The van der Waals surface area contributed by atoms with Crippen molar-refractivity contribution in [2.75, 3.05) is 29.5 Å². The van der Waals surface area contributed by atoms with E-state index in [0.29, 0.717) is 0 Å². The molecule has 1 atom stereocenters. The highest BCUT2D eigenvalue weighted by Crippen LogP contribution is 2.27. The second kappa shape index (κ2) is 5.50. The van der Waals surface area contributed by atoms with Crippen molar-refractivity contribution < 1.29 is 4.21 Å². The molecule has 2 N–H and O–H groups in total. The summed E-state index contributed by atoms with van der Waals surface area (Å²) in [6.07, 6.45) is 0. The van der Waals surface area contributed by atoms with Crippen molar-refractivity contribution in [3.05, 3.63) is 28.2 Å². The zero-order valence-corrected chi connectivity index (χ0v) is 12.3. The minimum Gasteiger partial charge on any atom is -0.370 e. The second-order valence-electron chi connectivity index (χ2n) is 4.33. The highest BCUT2D eigenvalue weighted by atomic mass is 79.9. The Bertz CT molecular complexity index is 427. The van der Waals surface area contributed by atoms with Crippen LogP contribution in [0.3, 0.4) is 0 Å². The second-order valence-corrected chi connectivity index (χ2v) is 6.88. The standard InChI is InChI=1S/C12H17BrN2OS/c1-9(14)11-3-2-10(8-12(11)13)15-4-6-17(16)7-5-15/h2-3,8-9H,4-7,14H2,1H3. The Balaban J connectivity index is 2.17. The first-order valence-corrected chi connectivity index (χ1v) is 8.01. The molecule has 94 valence electrons. The van der Waals surface area contributed by atoms with Crippen LogP contribution < -0.4 is 10.6 Å². The fourth-order valence-electron chi connectivity index (χ4n) is 1.98. The lowest BCUT2D eigenvalue weighted by atomic mass is 10.1. The molecular weight excluding hydrogens is 300 g/mol. The van der Waals surface area contributed by atoms with Crippen molar-refractivity contribution in [1.29, 1.82) is 0 Å². The molecule has 1 saturated heterocycles. The lowest BCUT2D eigenvalue weighted by Gasteiger charge is -2.29. The molecule has 0 aliphatic carbocycles. The van der Waals surface area contributed by atoms with Gasteiger partial charge in [0.05, 0.1) is 0 Å². The van der Waals surface area contributed by atoms with Gasteiger partial charge in [0, 0.05) is 51.6 Å². The van der Waals surface area contributed by atoms with Gasteiger partial charge in [0.1, 0.15) is 0 Å². The molecule has 0 bridgehead atoms. The smallest absolute Gasteiger partial charge is 0.0411 e. The highest BCUT2D eigenvalue weighted by Gasteiger charge is 2.16. The van der Waals surface area contributed by atoms with E-state index < -0.39 is 10.8 Å². The van der Waals surface area contributed by atoms with E-state index in [9.17, 15) is 4.21 Å². The number of halogens is 1. The molecule has 3 nitrogen and oxygen atoms in total. The first-order valence-electron chi connectivity index (χ1n) is 5.73. The number of hydrogen-bond acceptors (Lipinski definition) is 3. The molecule has 0 saturated carbocycles. The number of anilines is 1. The summed E-state index contributed by atoms with van der Waals surface area (Å²) in [5.41, 5.74) is 8.18. The maximum Gasteiger partial charge on any atom is 0.0411 e. The first-order chi connectivity index (χ1) is 8.08. The van der Waals surface area contributed by atoms with Gasteiger partial charge in [-0.3, -0.25) is 4.21 Å². The largest absolute Gasteiger partial charge is 0.370 e. The monoisotopic (exact) mass is 316 g/mol. The number of hydrogen-bond donors (Lipinski definition) is 1. The van der Waals surface area contributed by atoms with E-state index in [-0.39, 0.29) is 6.04 Å². The predicted octanol–water partition coefficient (Wildman–Crippen LogP) is 2.04. The third-order valence-corrected chi connectivity index (χ3v) is 4.98. The molecule has 5 heteroatoms. The summed E-state index contributed by atoms with van der Waals surface area (Å²) in [4.78, 5) is 2.27. The van der Waals surface area contributed by atoms with E-state index >= 15 is 0 Å². The van der Waals surface area contributed by atoms with Gasteiger partial charge in [-0.2, -0.15) is 0 Å². The summed E-state index contributed by atoms with van der Waals surface area (Å²) in [7, 11) is -0.625. The van der Waals surface area contributed by atoms with E-state index in [2.05, 4.69) is 39.0 Å². The molecule has 1 heterocycles. The van der Waals surface area contributed by atoms with Gasteiger partial charge in [0.15, 0.2) is 0 Å². The van der Waals surface area contributed by atoms with Gasteiger partial charge in [0.25, 0.3) is 0 Å². The van der Waals surface area contributed by atoms with Crippen molar-refractivity contribution in [2.45, 2.75) is 13.0 Å². The fraction of sp³-hybridized carbons (Fsp3) is 0.500. The topological polar surface area (TPSA) is 46.3 Å². The Morgan fingerprint density at radius 1 is 1.41 bits per heavy atom. The summed E-state index contributed by atoms with van der Waals surface area (Å²) < 4.78 is 12.4. The average Bonchev–Trinajstić information content (AvgIpc) is 2.29. The highest BCUT2D eigenvalue weighted by molar-refractivity contribution is 9.10. The van der Waals surface area contributed by atoms with Crippen LogP contribution >= 0.6 is 15.9 Å². The van der Waals surface area contributed by atoms with Crippen LogP contribution in [0.15, 0.2) is 22.7 Å². The Morgan fingerprint density at radius 2 is 2.06 bits per heavy atom. The quantitative estimate of drug-likeness (QED) is 0.908. The van der Waals surface area contributed by atoms with E-state index in [1.54, 1.807) is 0 Å². The van der Waals surface area contributed by atoms with Crippen LogP contribution in [0.25, 0.3) is 0 Å². The number of rotatable bonds is 2. The Kier molecular flexibility index (Phi) is 4.22. The van der Waals surface area contributed by atoms with E-state index in [0.717, 1.165) is 34.6 Å². The fourth-order valence-corrected chi connectivity index (χ4v) is 3.76. The SMILES string of the molecule is CC(N)c1ccc(N2CCS(=O)CC2)cc1Br. The zero-order valence-electron chi connectivity index (χ0n) is 9.86. The summed E-state index contributed by atoms with van der Waals surface area (Å²) >= 11 is 3.56. The Morgan fingerprint density at radius 3 is 2.59 bits per heavy atom. The molecule has 0 aromatic heterocycles. The van der Waals surface area contributed by atoms with Gasteiger partial charge in [0.2, 0.25) is 0 Å². The van der Waals surface area contributed by atoms with Crippen LogP contribution in [-0.2, 0) is 10.8 Å². The molecule has 0 radical (unpaired) electrons. The molecule has 1 fully saturated rings. The van der Waals surface area contributed by atoms with Crippen LogP contribution in [0.4, 0.5) is 5.69 Å². The summed E-state index contributed by atoms with van der Waals surface area (Å²) in [5.74, 6) is 1.54. The van der Waals surface area contributed by atoms with Crippen LogP contribution in [0, 0.1) is 0 Å². The molecular formula is C12H17BrN2OS. The lowest BCUT2D eigenvalue weighted by Crippen LogP contribution is -2.37. The van der Waals surface area contributed by atoms with Crippen molar-refractivity contribution in [3.63, 3.8) is 0 Å². The first kappa shape index (κ1) is 13.1. The van der Waals surface area contributed by atoms with E-state index in [4.69, 9.17) is 5.73 Å². The molecule has 1 aromatic carbocycles. The van der Waals surface area contributed by atoms with Crippen molar-refractivity contribution in [2.24, 2.45) is 5.73 Å². The average molecular weight is 317 g/mol. The maximum atomic E-state index is 11.3. The number of nitrogens with two attached hydrogens (primary N) is 1. The summed E-state index contributed by atoms with van der Waals surface area (Å²) in [6, 6.07) is 6.30. The number of nitrogens with zero attached hydrogens (tertiary/aromatic N) is 1. The molecule has 17 heavy (non-hydrogen) atoms. The lowest BCUT2D eigenvalue weighted by molar-refractivity contribution is 0.673. The molecule has 2 rings (SSSR count). The summed E-state index contributed by atoms with van der Waals surface area (Å²) in [5, 5.41) is 0. The van der Waals surface area contributed by atoms with Gasteiger partial charge < -0.3 is 10.6 Å². The molecule has 0 spiro atoms. The normalized spacial score (nSPS) is 19.4. The Hall–Kier alpha value is -0.390. The third kappa shape index (κ3) is 3.09. The van der Waals surface area contributed by atoms with Crippen LogP contribution in [0.5, 0.6) is 0 Å². The third-order valence-electron chi connectivity index (χ3n) is 3.02. The van der Waals surface area contributed by atoms with Crippen LogP contribution in [0.2, 0.25) is 0 Å². The van der Waals surface area contributed by atoms with Gasteiger partial charge in [-0.1, -0.05) is 22.0 Å². The Labute approximate surface area is 113 Å². The molecule has 1 aliphatic rings. The summed E-state index contributed by atoms with van der Waals surface area (Å²) in [6.45, 7) is 3.72. The van der Waals surface area contributed by atoms with Gasteiger partial charge in [-0.15, -0.1) is 0 Å². The van der Waals surface area contributed by atoms with Gasteiger partial charge >= 0.3 is 0 Å². The van der Waals surface area contributed by atoms with E-state index in [1.165, 1.54) is 5.69 Å². The van der Waals surface area contributed by atoms with E-state index in [1.807, 2.05) is 6.92 Å². The van der Waals surface area contributed by atoms with Crippen LogP contribution in [-0.4, -0.2) is 28.8 Å². The molecule has 1 aliphatic heterocycles. The van der Waals surface area contributed by atoms with Crippen molar-refractivity contribution in [3.8, 4) is 0 Å². The molecule has 1 aromatic rings. The maximum absolute atomic E-state index is 11.3. The van der Waals surface area contributed by atoms with Crippen LogP contribution in [0.1, 0.15) is 18.5 Å². The minimum atomic E-state index is -0.625. The van der Waals surface area contributed by atoms with Gasteiger partial charge in [-0.25, -0.2) is 0 Å².